The van der Waals surface area contributed by atoms with Crippen LogP contribution in [0.5, 0.6) is 0 Å². The lowest BCUT2D eigenvalue weighted by Crippen LogP contribution is -2.34. The van der Waals surface area contributed by atoms with Gasteiger partial charge in [0.1, 0.15) is 17.5 Å². The molecule has 1 aliphatic rings. The van der Waals surface area contributed by atoms with Crippen molar-refractivity contribution in [2.45, 2.75) is 45.6 Å². The number of rotatable bonds is 5. The Kier molecular flexibility index (Phi) is 3.71. The Balaban J connectivity index is 2.28. The van der Waals surface area contributed by atoms with Crippen molar-refractivity contribution in [3.8, 4) is 0 Å². The summed E-state index contributed by atoms with van der Waals surface area (Å²) >= 11 is 0. The molecular formula is C13H23N5. The van der Waals surface area contributed by atoms with E-state index in [0.717, 1.165) is 11.6 Å². The van der Waals surface area contributed by atoms with Crippen LogP contribution in [-0.2, 0) is 0 Å². The van der Waals surface area contributed by atoms with Crippen LogP contribution in [0.25, 0.3) is 0 Å². The predicted octanol–water partition coefficient (Wildman–Crippen LogP) is 2.12. The van der Waals surface area contributed by atoms with Gasteiger partial charge in [-0.1, -0.05) is 13.8 Å². The van der Waals surface area contributed by atoms with Crippen LogP contribution in [0.1, 0.15) is 45.4 Å². The summed E-state index contributed by atoms with van der Waals surface area (Å²) in [6.07, 6.45) is 2.38. The van der Waals surface area contributed by atoms with E-state index in [2.05, 4.69) is 48.1 Å². The monoisotopic (exact) mass is 249 g/mol. The first-order valence-electron chi connectivity index (χ1n) is 6.61. The molecule has 0 spiro atoms. The number of nitrogens with two attached hydrogens (primary N) is 1. The molecule has 0 radical (unpaired) electrons. The number of nitrogen functional groups attached to an aromatic ring is 1. The molecule has 1 fully saturated rings. The van der Waals surface area contributed by atoms with Crippen LogP contribution in [0.2, 0.25) is 0 Å². The van der Waals surface area contributed by atoms with E-state index in [4.69, 9.17) is 5.84 Å². The van der Waals surface area contributed by atoms with E-state index >= 15 is 0 Å². The van der Waals surface area contributed by atoms with E-state index in [0.29, 0.717) is 23.7 Å². The molecule has 1 atom stereocenters. The van der Waals surface area contributed by atoms with E-state index in [-0.39, 0.29) is 0 Å². The largest absolute Gasteiger partial charge is 0.357 e. The second kappa shape index (κ2) is 5.10. The lowest BCUT2D eigenvalue weighted by molar-refractivity contribution is 0.502. The minimum absolute atomic E-state index is 0.428. The molecule has 1 saturated carbocycles. The Morgan fingerprint density at radius 3 is 2.50 bits per heavy atom. The molecule has 0 bridgehead atoms. The molecule has 1 aromatic rings. The smallest absolute Gasteiger partial charge is 0.145 e. The van der Waals surface area contributed by atoms with Crippen LogP contribution < -0.4 is 16.2 Å². The van der Waals surface area contributed by atoms with Gasteiger partial charge in [-0.3, -0.25) is 0 Å². The molecule has 1 aliphatic carbocycles. The number of nitrogens with zero attached hydrogens (tertiary/aromatic N) is 3. The van der Waals surface area contributed by atoms with E-state index < -0.39 is 0 Å². The first-order valence-corrected chi connectivity index (χ1v) is 6.61. The minimum Gasteiger partial charge on any atom is -0.357 e. The summed E-state index contributed by atoms with van der Waals surface area (Å²) in [6, 6.07) is 2.34. The van der Waals surface area contributed by atoms with E-state index in [9.17, 15) is 0 Å². The Bertz CT molecular complexity index is 414. The zero-order valence-corrected chi connectivity index (χ0v) is 11.6. The molecule has 1 unspecified atom stereocenters. The van der Waals surface area contributed by atoms with Gasteiger partial charge < -0.3 is 10.3 Å². The number of hydrazine groups is 1. The van der Waals surface area contributed by atoms with Crippen molar-refractivity contribution in [1.82, 2.24) is 9.97 Å². The van der Waals surface area contributed by atoms with Crippen molar-refractivity contribution in [3.05, 3.63) is 11.9 Å². The quantitative estimate of drug-likeness (QED) is 0.618. The maximum Gasteiger partial charge on any atom is 0.145 e. The molecule has 0 amide bonds. The number of hydrogen-bond acceptors (Lipinski definition) is 5. The molecule has 5 nitrogen and oxygen atoms in total. The third-order valence-electron chi connectivity index (χ3n) is 3.76. The molecular weight excluding hydrogens is 226 g/mol. The number of nitrogens with one attached hydrogen (secondary N) is 1. The maximum absolute atomic E-state index is 5.49. The van der Waals surface area contributed by atoms with Crippen LogP contribution in [0.3, 0.4) is 0 Å². The van der Waals surface area contributed by atoms with Gasteiger partial charge in [0.05, 0.1) is 0 Å². The van der Waals surface area contributed by atoms with Crippen molar-refractivity contribution < 1.29 is 0 Å². The summed E-state index contributed by atoms with van der Waals surface area (Å²) in [4.78, 5) is 11.3. The minimum atomic E-state index is 0.428. The van der Waals surface area contributed by atoms with E-state index in [1.54, 1.807) is 0 Å². The van der Waals surface area contributed by atoms with Crippen LogP contribution in [0.4, 0.5) is 11.6 Å². The van der Waals surface area contributed by atoms with Gasteiger partial charge in [0.25, 0.3) is 0 Å². The van der Waals surface area contributed by atoms with Gasteiger partial charge in [0.15, 0.2) is 0 Å². The highest BCUT2D eigenvalue weighted by Crippen LogP contribution is 2.39. The van der Waals surface area contributed by atoms with Gasteiger partial charge in [-0.25, -0.2) is 15.8 Å². The van der Waals surface area contributed by atoms with Gasteiger partial charge in [-0.05, 0) is 25.7 Å². The van der Waals surface area contributed by atoms with Crippen molar-refractivity contribution in [2.75, 3.05) is 17.4 Å². The topological polar surface area (TPSA) is 67.1 Å². The molecule has 1 aromatic heterocycles. The Labute approximate surface area is 109 Å². The van der Waals surface area contributed by atoms with Gasteiger partial charge in [0.2, 0.25) is 0 Å². The molecule has 0 saturated heterocycles. The molecule has 0 aliphatic heterocycles. The number of anilines is 2. The molecule has 100 valence electrons. The SMILES string of the molecule is CC(C)C(C)N(C)c1cc(NN)nc(C2CC2)n1. The summed E-state index contributed by atoms with van der Waals surface area (Å²) in [5.41, 5.74) is 2.64. The summed E-state index contributed by atoms with van der Waals surface area (Å²) < 4.78 is 0. The zero-order chi connectivity index (χ0) is 13.3. The summed E-state index contributed by atoms with van der Waals surface area (Å²) in [7, 11) is 2.07. The fraction of sp³-hybridized carbons (Fsp3) is 0.692. The van der Waals surface area contributed by atoms with Crippen molar-refractivity contribution >= 4 is 11.6 Å². The highest BCUT2D eigenvalue weighted by molar-refractivity contribution is 5.49. The maximum atomic E-state index is 5.49. The first-order chi connectivity index (χ1) is 8.52. The molecule has 2 rings (SSSR count). The molecule has 18 heavy (non-hydrogen) atoms. The molecule has 5 heteroatoms. The summed E-state index contributed by atoms with van der Waals surface area (Å²) in [5.74, 6) is 9.15. The average molecular weight is 249 g/mol. The van der Waals surface area contributed by atoms with Gasteiger partial charge in [-0.15, -0.1) is 0 Å². The van der Waals surface area contributed by atoms with Crippen LogP contribution in [-0.4, -0.2) is 23.1 Å². The normalized spacial score (nSPS) is 16.8. The number of hydrogen-bond donors (Lipinski definition) is 2. The predicted molar refractivity (Wildman–Crippen MR) is 74.5 cm³/mol. The van der Waals surface area contributed by atoms with Crippen molar-refractivity contribution in [3.63, 3.8) is 0 Å². The second-order valence-corrected chi connectivity index (χ2v) is 5.48. The van der Waals surface area contributed by atoms with E-state index in [1.165, 1.54) is 12.8 Å². The van der Waals surface area contributed by atoms with Gasteiger partial charge in [0, 0.05) is 25.1 Å². The molecule has 1 heterocycles. The third-order valence-corrected chi connectivity index (χ3v) is 3.76. The van der Waals surface area contributed by atoms with Gasteiger partial charge >= 0.3 is 0 Å². The van der Waals surface area contributed by atoms with Crippen LogP contribution in [0, 0.1) is 5.92 Å². The highest BCUT2D eigenvalue weighted by Gasteiger charge is 2.28. The average Bonchev–Trinajstić information content (AvgIpc) is 3.20. The van der Waals surface area contributed by atoms with Crippen molar-refractivity contribution in [1.29, 1.82) is 0 Å². The highest BCUT2D eigenvalue weighted by atomic mass is 15.3. The Hall–Kier alpha value is -1.36. The molecule has 0 aromatic carbocycles. The lowest BCUT2D eigenvalue weighted by Gasteiger charge is -2.29. The summed E-state index contributed by atoms with van der Waals surface area (Å²) in [5, 5.41) is 0. The Morgan fingerprint density at radius 2 is 2.00 bits per heavy atom. The zero-order valence-electron chi connectivity index (χ0n) is 11.6. The third kappa shape index (κ3) is 2.72. The van der Waals surface area contributed by atoms with Crippen LogP contribution >= 0.6 is 0 Å². The molecule has 3 N–H and O–H groups in total. The summed E-state index contributed by atoms with van der Waals surface area (Å²) in [6.45, 7) is 6.64. The van der Waals surface area contributed by atoms with Crippen LogP contribution in [0.15, 0.2) is 6.07 Å². The standard InChI is InChI=1S/C13H23N5/c1-8(2)9(3)18(4)12-7-11(17-14)15-13(16-12)10-5-6-10/h7-10H,5-6,14H2,1-4H3,(H,15,16,17). The first kappa shape index (κ1) is 13.1. The fourth-order valence-corrected chi connectivity index (χ4v) is 1.89. The van der Waals surface area contributed by atoms with Gasteiger partial charge in [-0.2, -0.15) is 0 Å². The van der Waals surface area contributed by atoms with E-state index in [1.807, 2.05) is 6.07 Å². The number of aromatic nitrogens is 2. The Morgan fingerprint density at radius 1 is 1.33 bits per heavy atom. The lowest BCUT2D eigenvalue weighted by atomic mass is 10.1. The second-order valence-electron chi connectivity index (χ2n) is 5.48. The van der Waals surface area contributed by atoms with Crippen molar-refractivity contribution in [2.24, 2.45) is 11.8 Å². The fourth-order valence-electron chi connectivity index (χ4n) is 1.89.